The van der Waals surface area contributed by atoms with Gasteiger partial charge in [0.15, 0.2) is 0 Å². The third kappa shape index (κ3) is 4.06. The molecule has 2 heterocycles. The quantitative estimate of drug-likeness (QED) is 0.635. The molecule has 4 rings (SSSR count). The minimum absolute atomic E-state index is 0.0189. The van der Waals surface area contributed by atoms with Crippen molar-refractivity contribution in [3.63, 3.8) is 0 Å². The van der Waals surface area contributed by atoms with Crippen molar-refractivity contribution >= 4 is 27.9 Å². The van der Waals surface area contributed by atoms with Crippen LogP contribution in [-0.4, -0.2) is 61.3 Å². The van der Waals surface area contributed by atoms with Crippen LogP contribution in [0.5, 0.6) is 5.75 Å². The molecule has 3 aliphatic rings. The molecule has 1 saturated carbocycles. The molecule has 4 amide bonds. The highest BCUT2D eigenvalue weighted by Gasteiger charge is 2.52. The van der Waals surface area contributed by atoms with Crippen LogP contribution in [0.25, 0.3) is 0 Å². The highest BCUT2D eigenvalue weighted by molar-refractivity contribution is 7.89. The number of urea groups is 1. The Balaban J connectivity index is 1.43. The zero-order chi connectivity index (χ0) is 22.9. The van der Waals surface area contributed by atoms with Crippen molar-refractivity contribution in [1.82, 2.24) is 20.1 Å². The largest absolute Gasteiger partial charge is 0.497 e. The SMILES string of the molecule is COc1ccc(S(=O)(=O)N2CCC[C@H](C(=O)NN3C(=O)NC4(CCCCC4)C3=O)C2)cc1. The van der Waals surface area contributed by atoms with Crippen LogP contribution in [-0.2, 0) is 19.6 Å². The summed E-state index contributed by atoms with van der Waals surface area (Å²) in [4.78, 5) is 38.3. The molecule has 1 aliphatic carbocycles. The Morgan fingerprint density at radius 3 is 2.47 bits per heavy atom. The highest BCUT2D eigenvalue weighted by atomic mass is 32.2. The Kier molecular flexibility index (Phi) is 6.13. The monoisotopic (exact) mass is 464 g/mol. The Hall–Kier alpha value is -2.66. The van der Waals surface area contributed by atoms with E-state index in [1.54, 1.807) is 12.1 Å². The maximum Gasteiger partial charge on any atom is 0.344 e. The maximum absolute atomic E-state index is 13.0. The summed E-state index contributed by atoms with van der Waals surface area (Å²) in [7, 11) is -2.29. The number of hydrogen-bond donors (Lipinski definition) is 2. The van der Waals surface area contributed by atoms with Gasteiger partial charge in [-0.3, -0.25) is 15.0 Å². The van der Waals surface area contributed by atoms with Crippen LogP contribution in [0.3, 0.4) is 0 Å². The number of carbonyl (C=O) groups is 3. The molecule has 2 saturated heterocycles. The Morgan fingerprint density at radius 2 is 1.81 bits per heavy atom. The lowest BCUT2D eigenvalue weighted by molar-refractivity contribution is -0.141. The van der Waals surface area contributed by atoms with E-state index < -0.39 is 39.3 Å². The number of benzene rings is 1. The number of carbonyl (C=O) groups excluding carboxylic acids is 3. The fourth-order valence-corrected chi connectivity index (χ4v) is 6.21. The van der Waals surface area contributed by atoms with Crippen molar-refractivity contribution in [1.29, 1.82) is 0 Å². The van der Waals surface area contributed by atoms with Crippen molar-refractivity contribution in [2.75, 3.05) is 20.2 Å². The van der Waals surface area contributed by atoms with Crippen molar-refractivity contribution in [2.45, 2.75) is 55.4 Å². The highest BCUT2D eigenvalue weighted by Crippen LogP contribution is 2.33. The molecule has 1 atom stereocenters. The molecule has 174 valence electrons. The minimum Gasteiger partial charge on any atom is -0.497 e. The van der Waals surface area contributed by atoms with Crippen molar-refractivity contribution in [3.05, 3.63) is 24.3 Å². The molecule has 11 heteroatoms. The standard InChI is InChI=1S/C21H28N4O6S/c1-31-16-7-9-17(10-8-16)32(29,30)24-13-5-6-15(14-24)18(26)23-25-19(27)21(22-20(25)28)11-3-2-4-12-21/h7-10,15H,2-6,11-14H2,1H3,(H,22,28)(H,23,26)/t15-/m0/s1. The predicted molar refractivity (Wildman–Crippen MR) is 114 cm³/mol. The van der Waals surface area contributed by atoms with E-state index in [9.17, 15) is 22.8 Å². The Morgan fingerprint density at radius 1 is 1.12 bits per heavy atom. The first kappa shape index (κ1) is 22.5. The van der Waals surface area contributed by atoms with Gasteiger partial charge in [-0.25, -0.2) is 13.2 Å². The first-order valence-electron chi connectivity index (χ1n) is 10.9. The van der Waals surface area contributed by atoms with Crippen molar-refractivity contribution in [2.24, 2.45) is 5.92 Å². The predicted octanol–water partition coefficient (Wildman–Crippen LogP) is 1.38. The number of hydrogen-bond acceptors (Lipinski definition) is 6. The van der Waals surface area contributed by atoms with Crippen LogP contribution in [0.2, 0.25) is 0 Å². The first-order chi connectivity index (χ1) is 15.3. The molecular formula is C21H28N4O6S. The Bertz CT molecular complexity index is 1000. The summed E-state index contributed by atoms with van der Waals surface area (Å²) < 4.78 is 32.4. The molecule has 2 N–H and O–H groups in total. The van der Waals surface area contributed by atoms with Crippen LogP contribution in [0, 0.1) is 5.92 Å². The molecule has 3 fully saturated rings. The van der Waals surface area contributed by atoms with Gasteiger partial charge in [0.05, 0.1) is 17.9 Å². The summed E-state index contributed by atoms with van der Waals surface area (Å²) in [6.45, 7) is 0.277. The lowest BCUT2D eigenvalue weighted by atomic mass is 9.82. The maximum atomic E-state index is 13.0. The number of methoxy groups -OCH3 is 1. The van der Waals surface area contributed by atoms with E-state index in [0.717, 1.165) is 24.3 Å². The summed E-state index contributed by atoms with van der Waals surface area (Å²) in [6, 6.07) is 5.44. The van der Waals surface area contributed by atoms with E-state index in [4.69, 9.17) is 4.74 Å². The number of hydrazine groups is 1. The van der Waals surface area contributed by atoms with Gasteiger partial charge in [0.1, 0.15) is 11.3 Å². The summed E-state index contributed by atoms with van der Waals surface area (Å²) >= 11 is 0. The van der Waals surface area contributed by atoms with Gasteiger partial charge in [-0.05, 0) is 49.9 Å². The average Bonchev–Trinajstić information content (AvgIpc) is 3.03. The minimum atomic E-state index is -3.79. The lowest BCUT2D eigenvalue weighted by Crippen LogP contribution is -2.53. The van der Waals surface area contributed by atoms with Gasteiger partial charge in [-0.15, -0.1) is 0 Å². The summed E-state index contributed by atoms with van der Waals surface area (Å²) in [6.07, 6.45) is 4.77. The number of imide groups is 1. The number of rotatable bonds is 5. The molecule has 1 aromatic carbocycles. The molecule has 0 bridgehead atoms. The normalized spacial score (nSPS) is 23.8. The second-order valence-electron chi connectivity index (χ2n) is 8.57. The smallest absolute Gasteiger partial charge is 0.344 e. The number of nitrogens with zero attached hydrogens (tertiary/aromatic N) is 2. The number of ether oxygens (including phenoxy) is 1. The fraction of sp³-hybridized carbons (Fsp3) is 0.571. The van der Waals surface area contributed by atoms with Crippen molar-refractivity contribution in [3.8, 4) is 5.75 Å². The molecule has 2 aliphatic heterocycles. The van der Waals surface area contributed by atoms with Gasteiger partial charge in [0.2, 0.25) is 15.9 Å². The van der Waals surface area contributed by atoms with E-state index in [2.05, 4.69) is 10.7 Å². The molecule has 1 aromatic rings. The molecule has 0 unspecified atom stereocenters. The van der Waals surface area contributed by atoms with Gasteiger partial charge in [0, 0.05) is 13.1 Å². The second kappa shape index (κ2) is 8.70. The van der Waals surface area contributed by atoms with E-state index in [-0.39, 0.29) is 11.4 Å². The molecule has 1 spiro atoms. The topological polar surface area (TPSA) is 125 Å². The number of sulfonamides is 1. The van der Waals surface area contributed by atoms with E-state index in [0.29, 0.717) is 38.0 Å². The first-order valence-corrected chi connectivity index (χ1v) is 12.3. The molecular weight excluding hydrogens is 436 g/mol. The van der Waals surface area contributed by atoms with E-state index >= 15 is 0 Å². The zero-order valence-electron chi connectivity index (χ0n) is 18.0. The zero-order valence-corrected chi connectivity index (χ0v) is 18.8. The third-order valence-electron chi connectivity index (χ3n) is 6.54. The third-order valence-corrected chi connectivity index (χ3v) is 8.42. The van der Waals surface area contributed by atoms with Gasteiger partial charge < -0.3 is 10.1 Å². The fourth-order valence-electron chi connectivity index (χ4n) is 4.69. The molecule has 10 nitrogen and oxygen atoms in total. The molecule has 0 aromatic heterocycles. The number of nitrogens with one attached hydrogen (secondary N) is 2. The van der Waals surface area contributed by atoms with Gasteiger partial charge in [0.25, 0.3) is 5.91 Å². The van der Waals surface area contributed by atoms with E-state index in [1.807, 2.05) is 0 Å². The summed E-state index contributed by atoms with van der Waals surface area (Å²) in [5.74, 6) is -1.09. The van der Waals surface area contributed by atoms with Gasteiger partial charge in [-0.2, -0.15) is 9.31 Å². The lowest BCUT2D eigenvalue weighted by Gasteiger charge is -2.32. The number of piperidine rings is 1. The van der Waals surface area contributed by atoms with Crippen LogP contribution in [0.15, 0.2) is 29.2 Å². The molecule has 32 heavy (non-hydrogen) atoms. The summed E-state index contributed by atoms with van der Waals surface area (Å²) in [5.41, 5.74) is 1.51. The summed E-state index contributed by atoms with van der Waals surface area (Å²) in [5, 5.41) is 3.52. The van der Waals surface area contributed by atoms with Crippen molar-refractivity contribution < 1.29 is 27.5 Å². The second-order valence-corrected chi connectivity index (χ2v) is 10.5. The average molecular weight is 465 g/mol. The number of amides is 4. The van der Waals surface area contributed by atoms with Crippen LogP contribution >= 0.6 is 0 Å². The van der Waals surface area contributed by atoms with Crippen LogP contribution in [0.4, 0.5) is 4.79 Å². The van der Waals surface area contributed by atoms with Crippen LogP contribution in [0.1, 0.15) is 44.9 Å². The van der Waals surface area contributed by atoms with Gasteiger partial charge >= 0.3 is 6.03 Å². The van der Waals surface area contributed by atoms with Gasteiger partial charge in [-0.1, -0.05) is 19.3 Å². The van der Waals surface area contributed by atoms with Crippen LogP contribution < -0.4 is 15.5 Å². The Labute approximate surface area is 187 Å². The molecule has 0 radical (unpaired) electrons. The van der Waals surface area contributed by atoms with E-state index in [1.165, 1.54) is 23.5 Å².